The van der Waals surface area contributed by atoms with Crippen molar-refractivity contribution < 1.29 is 4.79 Å². The van der Waals surface area contributed by atoms with E-state index in [4.69, 9.17) is 5.73 Å². The second kappa shape index (κ2) is 8.51. The van der Waals surface area contributed by atoms with Gasteiger partial charge in [0, 0.05) is 17.1 Å². The molecule has 3 atom stereocenters. The van der Waals surface area contributed by atoms with Crippen molar-refractivity contribution in [1.82, 2.24) is 19.9 Å². The maximum atomic E-state index is 12.5. The van der Waals surface area contributed by atoms with E-state index < -0.39 is 0 Å². The summed E-state index contributed by atoms with van der Waals surface area (Å²) >= 11 is 1.79. The zero-order valence-corrected chi connectivity index (χ0v) is 18.6. The number of amides is 1. The van der Waals surface area contributed by atoms with Crippen LogP contribution in [0, 0.1) is 5.92 Å². The largest absolute Gasteiger partial charge is 0.383 e. The number of nitrogens with one attached hydrogen (secondary N) is 1. The second-order valence-corrected chi connectivity index (χ2v) is 9.89. The van der Waals surface area contributed by atoms with Crippen LogP contribution in [0.2, 0.25) is 0 Å². The molecule has 3 aromatic rings. The van der Waals surface area contributed by atoms with E-state index in [0.717, 1.165) is 35.2 Å². The number of likely N-dealkylation sites (N-methyl/N-ethyl adjacent to an activating group) is 1. The van der Waals surface area contributed by atoms with Crippen molar-refractivity contribution >= 4 is 39.0 Å². The quantitative estimate of drug-likeness (QED) is 0.631. The molecule has 0 saturated heterocycles. The molecule has 31 heavy (non-hydrogen) atoms. The van der Waals surface area contributed by atoms with E-state index in [1.807, 2.05) is 12.1 Å². The topological polar surface area (TPSA) is 97.0 Å². The number of anilines is 2. The van der Waals surface area contributed by atoms with Crippen molar-refractivity contribution in [2.75, 3.05) is 24.6 Å². The highest BCUT2D eigenvalue weighted by atomic mass is 32.1. The highest BCUT2D eigenvalue weighted by molar-refractivity contribution is 7.19. The Labute approximate surface area is 186 Å². The molecule has 0 aromatic carbocycles. The van der Waals surface area contributed by atoms with Crippen LogP contribution in [0.4, 0.5) is 11.5 Å². The van der Waals surface area contributed by atoms with Crippen molar-refractivity contribution in [1.29, 1.82) is 0 Å². The molecule has 5 rings (SSSR count). The van der Waals surface area contributed by atoms with Crippen LogP contribution < -0.4 is 11.1 Å². The summed E-state index contributed by atoms with van der Waals surface area (Å²) in [5, 5.41) is 4.04. The van der Waals surface area contributed by atoms with E-state index in [9.17, 15) is 4.79 Å². The van der Waals surface area contributed by atoms with Gasteiger partial charge in [0.2, 0.25) is 5.91 Å². The molecule has 0 aliphatic heterocycles. The summed E-state index contributed by atoms with van der Waals surface area (Å²) in [6.07, 6.45) is 11.9. The Bertz CT molecular complexity index is 1080. The van der Waals surface area contributed by atoms with Crippen LogP contribution in [0.1, 0.15) is 48.5 Å². The zero-order chi connectivity index (χ0) is 21.4. The van der Waals surface area contributed by atoms with Gasteiger partial charge >= 0.3 is 0 Å². The number of pyridine rings is 1. The Morgan fingerprint density at radius 1 is 1.32 bits per heavy atom. The third kappa shape index (κ3) is 4.02. The Kier molecular flexibility index (Phi) is 5.58. The maximum absolute atomic E-state index is 12.5. The lowest BCUT2D eigenvalue weighted by Gasteiger charge is -2.37. The van der Waals surface area contributed by atoms with Crippen molar-refractivity contribution in [2.24, 2.45) is 5.92 Å². The minimum atomic E-state index is 0.00882. The number of nitrogens with two attached hydrogens (primary N) is 1. The average molecular weight is 437 g/mol. The molecule has 7 nitrogen and oxygen atoms in total. The van der Waals surface area contributed by atoms with Gasteiger partial charge in [0.25, 0.3) is 0 Å². The first-order chi connectivity index (χ1) is 15.1. The lowest BCUT2D eigenvalue weighted by atomic mass is 9.75. The predicted molar refractivity (Wildman–Crippen MR) is 124 cm³/mol. The Morgan fingerprint density at radius 2 is 2.23 bits per heavy atom. The van der Waals surface area contributed by atoms with Crippen molar-refractivity contribution in [3.8, 4) is 0 Å². The van der Waals surface area contributed by atoms with Gasteiger partial charge in [0.1, 0.15) is 17.0 Å². The van der Waals surface area contributed by atoms with E-state index >= 15 is 0 Å². The Balaban J connectivity index is 1.27. The van der Waals surface area contributed by atoms with Crippen molar-refractivity contribution in [2.45, 2.75) is 50.5 Å². The average Bonchev–Trinajstić information content (AvgIpc) is 3.34. The number of carbonyl (C=O) groups is 1. The molecule has 1 saturated carbocycles. The number of hydrogen-bond acceptors (Lipinski definition) is 7. The third-order valence-corrected chi connectivity index (χ3v) is 8.08. The minimum Gasteiger partial charge on any atom is -0.383 e. The fourth-order valence-corrected chi connectivity index (χ4v) is 6.70. The molecule has 3 aromatic heterocycles. The molecule has 0 bridgehead atoms. The summed E-state index contributed by atoms with van der Waals surface area (Å²) in [6, 6.07) is 4.10. The van der Waals surface area contributed by atoms with Gasteiger partial charge in [0.05, 0.1) is 23.8 Å². The van der Waals surface area contributed by atoms with Gasteiger partial charge < -0.3 is 11.1 Å². The number of nitrogens with zero attached hydrogens (tertiary/aromatic N) is 4. The van der Waals surface area contributed by atoms with Gasteiger partial charge in [-0.2, -0.15) is 0 Å². The van der Waals surface area contributed by atoms with E-state index in [0.29, 0.717) is 30.2 Å². The monoisotopic (exact) mass is 436 g/mol. The Hall–Kier alpha value is -2.58. The van der Waals surface area contributed by atoms with E-state index in [1.165, 1.54) is 29.7 Å². The molecule has 8 heteroatoms. The number of carbonyl (C=O) groups excluding carboxylic acids is 1. The lowest BCUT2D eigenvalue weighted by Crippen LogP contribution is -2.41. The van der Waals surface area contributed by atoms with Gasteiger partial charge in [-0.15, -0.1) is 11.3 Å². The fraction of sp³-hybridized carbons (Fsp3) is 0.478. The molecule has 2 aliphatic carbocycles. The second-order valence-electron chi connectivity index (χ2n) is 8.81. The number of fused-ring (bicyclic) bond motifs is 3. The SMILES string of the molecule is CN(CC(=O)Nc1cccnc1)[C@H]1CCCC(C2CCc3sc4ncnc(N)c4c32)C1. The lowest BCUT2D eigenvalue weighted by molar-refractivity contribution is -0.117. The number of aromatic nitrogens is 3. The maximum Gasteiger partial charge on any atom is 0.238 e. The fourth-order valence-electron chi connectivity index (χ4n) is 5.46. The first-order valence-corrected chi connectivity index (χ1v) is 11.8. The molecular weight excluding hydrogens is 408 g/mol. The predicted octanol–water partition coefficient (Wildman–Crippen LogP) is 3.83. The van der Waals surface area contributed by atoms with Crippen LogP contribution in [0.25, 0.3) is 10.2 Å². The van der Waals surface area contributed by atoms with E-state index in [1.54, 1.807) is 30.1 Å². The number of thiophene rings is 1. The number of rotatable bonds is 5. The standard InChI is InChI=1S/C23H28N6OS/c1-29(12-19(30)28-15-5-3-9-25-11-15)16-6-2-4-14(10-16)17-7-8-18-20(17)21-22(24)26-13-27-23(21)31-18/h3,5,9,11,13-14,16-17H,2,4,6-8,10,12H2,1H3,(H,28,30)(H2,24,26,27)/t14?,16-,17?/m0/s1. The summed E-state index contributed by atoms with van der Waals surface area (Å²) in [6.45, 7) is 0.393. The van der Waals surface area contributed by atoms with Crippen LogP contribution in [-0.4, -0.2) is 45.4 Å². The van der Waals surface area contributed by atoms with Gasteiger partial charge in [0.15, 0.2) is 0 Å². The summed E-state index contributed by atoms with van der Waals surface area (Å²) in [5.74, 6) is 1.76. The summed E-state index contributed by atoms with van der Waals surface area (Å²) in [5.41, 5.74) is 8.42. The first kappa shape index (κ1) is 20.3. The normalized spacial score (nSPS) is 23.2. The molecule has 1 amide bonds. The molecule has 1 fully saturated rings. The third-order valence-electron chi connectivity index (χ3n) is 6.90. The Morgan fingerprint density at radius 3 is 3.06 bits per heavy atom. The molecular formula is C23H28N6OS. The van der Waals surface area contributed by atoms with Crippen LogP contribution in [0.15, 0.2) is 30.9 Å². The molecule has 162 valence electrons. The highest BCUT2D eigenvalue weighted by Gasteiger charge is 2.37. The molecule has 2 aliphatic rings. The summed E-state index contributed by atoms with van der Waals surface area (Å²) in [7, 11) is 2.07. The van der Waals surface area contributed by atoms with E-state index in [-0.39, 0.29) is 5.91 Å². The van der Waals surface area contributed by atoms with Crippen molar-refractivity contribution in [3.63, 3.8) is 0 Å². The molecule has 3 heterocycles. The van der Waals surface area contributed by atoms with Crippen LogP contribution >= 0.6 is 11.3 Å². The van der Waals surface area contributed by atoms with E-state index in [2.05, 4.69) is 32.2 Å². The molecule has 0 radical (unpaired) electrons. The minimum absolute atomic E-state index is 0.00882. The van der Waals surface area contributed by atoms with Gasteiger partial charge in [-0.3, -0.25) is 14.7 Å². The zero-order valence-electron chi connectivity index (χ0n) is 17.8. The smallest absolute Gasteiger partial charge is 0.238 e. The van der Waals surface area contributed by atoms with Crippen LogP contribution in [0.3, 0.4) is 0 Å². The number of aryl methyl sites for hydroxylation is 1. The highest BCUT2D eigenvalue weighted by Crippen LogP contribution is 2.50. The van der Waals surface area contributed by atoms with Crippen LogP contribution in [0.5, 0.6) is 0 Å². The number of nitrogen functional groups attached to an aromatic ring is 1. The molecule has 3 N–H and O–H groups in total. The molecule has 0 spiro atoms. The van der Waals surface area contributed by atoms with Gasteiger partial charge in [-0.25, -0.2) is 9.97 Å². The van der Waals surface area contributed by atoms with Gasteiger partial charge in [-0.05, 0) is 68.7 Å². The summed E-state index contributed by atoms with van der Waals surface area (Å²) < 4.78 is 0. The van der Waals surface area contributed by atoms with Crippen molar-refractivity contribution in [3.05, 3.63) is 41.3 Å². The van der Waals surface area contributed by atoms with Crippen LogP contribution in [-0.2, 0) is 11.2 Å². The van der Waals surface area contributed by atoms with Gasteiger partial charge in [-0.1, -0.05) is 6.42 Å². The molecule has 2 unspecified atom stereocenters. The first-order valence-electron chi connectivity index (χ1n) is 11.0. The summed E-state index contributed by atoms with van der Waals surface area (Å²) in [4.78, 5) is 30.0. The number of hydrogen-bond donors (Lipinski definition) is 2.